The summed E-state index contributed by atoms with van der Waals surface area (Å²) in [7, 11) is 0. The SMILES string of the molecule is Cc1cccc(C(C)C)c1NC(=O)C(C)OC(=O)c1ccc(OCc2c(C)noc2C)cc1. The molecule has 1 aromatic heterocycles. The zero-order valence-electron chi connectivity index (χ0n) is 19.9. The largest absolute Gasteiger partial charge is 0.489 e. The monoisotopic (exact) mass is 450 g/mol. The minimum absolute atomic E-state index is 0.247. The number of amides is 1. The summed E-state index contributed by atoms with van der Waals surface area (Å²) in [4.78, 5) is 25.2. The van der Waals surface area contributed by atoms with Gasteiger partial charge in [-0.05, 0) is 69.0 Å². The molecule has 1 unspecified atom stereocenters. The molecule has 1 amide bonds. The number of nitrogens with one attached hydrogen (secondary N) is 1. The molecule has 174 valence electrons. The van der Waals surface area contributed by atoms with Gasteiger partial charge in [-0.15, -0.1) is 0 Å². The fourth-order valence-electron chi connectivity index (χ4n) is 3.40. The molecule has 33 heavy (non-hydrogen) atoms. The van der Waals surface area contributed by atoms with Crippen LogP contribution in [0.25, 0.3) is 0 Å². The Kier molecular flexibility index (Phi) is 7.53. The highest BCUT2D eigenvalue weighted by Gasteiger charge is 2.21. The van der Waals surface area contributed by atoms with Crippen molar-refractivity contribution < 1.29 is 23.6 Å². The van der Waals surface area contributed by atoms with Crippen molar-refractivity contribution >= 4 is 17.6 Å². The molecule has 7 heteroatoms. The van der Waals surface area contributed by atoms with E-state index in [1.54, 1.807) is 31.2 Å². The number of nitrogens with zero attached hydrogens (tertiary/aromatic N) is 1. The van der Waals surface area contributed by atoms with E-state index >= 15 is 0 Å². The lowest BCUT2D eigenvalue weighted by molar-refractivity contribution is -0.123. The normalized spacial score (nSPS) is 11.8. The third-order valence-electron chi connectivity index (χ3n) is 5.48. The molecule has 1 heterocycles. The number of esters is 1. The van der Waals surface area contributed by atoms with Gasteiger partial charge in [0.1, 0.15) is 18.1 Å². The Labute approximate surface area is 194 Å². The quantitative estimate of drug-likeness (QED) is 0.457. The van der Waals surface area contributed by atoms with Crippen LogP contribution in [0.1, 0.15) is 65.2 Å². The number of carbonyl (C=O) groups is 2. The van der Waals surface area contributed by atoms with Gasteiger partial charge in [-0.25, -0.2) is 4.79 Å². The van der Waals surface area contributed by atoms with Gasteiger partial charge in [-0.1, -0.05) is 37.2 Å². The van der Waals surface area contributed by atoms with E-state index in [0.717, 1.165) is 28.1 Å². The molecule has 0 radical (unpaired) electrons. The second-order valence-electron chi connectivity index (χ2n) is 8.35. The predicted octanol–water partition coefficient (Wildman–Crippen LogP) is 5.49. The van der Waals surface area contributed by atoms with Gasteiger partial charge < -0.3 is 19.3 Å². The molecule has 0 aliphatic heterocycles. The summed E-state index contributed by atoms with van der Waals surface area (Å²) in [6.45, 7) is 11.6. The van der Waals surface area contributed by atoms with Crippen molar-refractivity contribution in [1.82, 2.24) is 5.16 Å². The Bertz CT molecular complexity index is 1110. The van der Waals surface area contributed by atoms with E-state index in [2.05, 4.69) is 24.3 Å². The van der Waals surface area contributed by atoms with Crippen LogP contribution in [0.4, 0.5) is 5.69 Å². The number of carbonyl (C=O) groups excluding carboxylic acids is 2. The summed E-state index contributed by atoms with van der Waals surface area (Å²) >= 11 is 0. The molecule has 0 fully saturated rings. The van der Waals surface area contributed by atoms with Gasteiger partial charge in [0.05, 0.1) is 16.8 Å². The molecule has 3 rings (SSSR count). The van der Waals surface area contributed by atoms with Crippen molar-refractivity contribution in [3.8, 4) is 5.75 Å². The first-order valence-electron chi connectivity index (χ1n) is 10.9. The van der Waals surface area contributed by atoms with E-state index in [0.29, 0.717) is 23.7 Å². The Hall–Kier alpha value is -3.61. The van der Waals surface area contributed by atoms with E-state index in [-0.39, 0.29) is 11.8 Å². The Morgan fingerprint density at radius 3 is 2.33 bits per heavy atom. The summed E-state index contributed by atoms with van der Waals surface area (Å²) in [5.41, 5.74) is 4.77. The van der Waals surface area contributed by atoms with Crippen molar-refractivity contribution in [3.05, 3.63) is 76.2 Å². The molecule has 1 atom stereocenters. The number of aryl methyl sites for hydroxylation is 3. The van der Waals surface area contributed by atoms with Crippen LogP contribution in [0.3, 0.4) is 0 Å². The van der Waals surface area contributed by atoms with Crippen molar-refractivity contribution in [2.45, 2.75) is 60.2 Å². The van der Waals surface area contributed by atoms with Crippen molar-refractivity contribution in [3.63, 3.8) is 0 Å². The average molecular weight is 451 g/mol. The Morgan fingerprint density at radius 1 is 1.03 bits per heavy atom. The summed E-state index contributed by atoms with van der Waals surface area (Å²) in [5, 5.41) is 6.82. The summed E-state index contributed by atoms with van der Waals surface area (Å²) in [5.74, 6) is 0.600. The maximum Gasteiger partial charge on any atom is 0.338 e. The highest BCUT2D eigenvalue weighted by atomic mass is 16.5. The van der Waals surface area contributed by atoms with Crippen LogP contribution in [-0.2, 0) is 16.1 Å². The summed E-state index contributed by atoms with van der Waals surface area (Å²) in [6.07, 6.45) is -0.951. The van der Waals surface area contributed by atoms with E-state index in [1.807, 2.05) is 39.0 Å². The van der Waals surface area contributed by atoms with Gasteiger partial charge in [0.15, 0.2) is 6.10 Å². The zero-order valence-corrected chi connectivity index (χ0v) is 19.9. The molecule has 3 aromatic rings. The second kappa shape index (κ2) is 10.3. The van der Waals surface area contributed by atoms with Gasteiger partial charge in [-0.2, -0.15) is 0 Å². The molecule has 7 nitrogen and oxygen atoms in total. The van der Waals surface area contributed by atoms with Crippen LogP contribution >= 0.6 is 0 Å². The Morgan fingerprint density at radius 2 is 1.73 bits per heavy atom. The van der Waals surface area contributed by atoms with Gasteiger partial charge in [0.25, 0.3) is 5.91 Å². The van der Waals surface area contributed by atoms with Crippen molar-refractivity contribution in [2.24, 2.45) is 0 Å². The van der Waals surface area contributed by atoms with Crippen LogP contribution in [0.15, 0.2) is 47.0 Å². The molecule has 0 bridgehead atoms. The number of benzene rings is 2. The smallest absolute Gasteiger partial charge is 0.338 e. The molecule has 0 saturated carbocycles. The van der Waals surface area contributed by atoms with Gasteiger partial charge in [0, 0.05) is 5.69 Å². The lowest BCUT2D eigenvalue weighted by Crippen LogP contribution is -2.30. The summed E-state index contributed by atoms with van der Waals surface area (Å²) < 4.78 is 16.3. The average Bonchev–Trinajstić information content (AvgIpc) is 3.10. The number of para-hydroxylation sites is 1. The third kappa shape index (κ3) is 5.80. The van der Waals surface area contributed by atoms with E-state index in [1.165, 1.54) is 0 Å². The number of aromatic nitrogens is 1. The highest BCUT2D eigenvalue weighted by molar-refractivity contribution is 5.98. The lowest BCUT2D eigenvalue weighted by atomic mass is 9.98. The number of anilines is 1. The molecule has 0 spiro atoms. The van der Waals surface area contributed by atoms with Crippen molar-refractivity contribution in [1.29, 1.82) is 0 Å². The van der Waals surface area contributed by atoms with E-state index < -0.39 is 12.1 Å². The van der Waals surface area contributed by atoms with Crippen LogP contribution in [0.5, 0.6) is 5.75 Å². The van der Waals surface area contributed by atoms with Crippen LogP contribution in [-0.4, -0.2) is 23.1 Å². The maximum absolute atomic E-state index is 12.7. The first-order chi connectivity index (χ1) is 15.7. The molecule has 1 N–H and O–H groups in total. The minimum Gasteiger partial charge on any atom is -0.489 e. The number of ether oxygens (including phenoxy) is 2. The number of rotatable bonds is 8. The first-order valence-corrected chi connectivity index (χ1v) is 10.9. The molecule has 0 aliphatic carbocycles. The molecule has 0 saturated heterocycles. The second-order valence-corrected chi connectivity index (χ2v) is 8.35. The van der Waals surface area contributed by atoms with E-state index in [4.69, 9.17) is 14.0 Å². The lowest BCUT2D eigenvalue weighted by Gasteiger charge is -2.19. The van der Waals surface area contributed by atoms with Crippen LogP contribution in [0.2, 0.25) is 0 Å². The number of hydrogen-bond acceptors (Lipinski definition) is 6. The van der Waals surface area contributed by atoms with Gasteiger partial charge >= 0.3 is 5.97 Å². The molecule has 0 aliphatic rings. The number of hydrogen-bond donors (Lipinski definition) is 1. The van der Waals surface area contributed by atoms with Crippen LogP contribution in [0, 0.1) is 20.8 Å². The molecule has 2 aromatic carbocycles. The van der Waals surface area contributed by atoms with E-state index in [9.17, 15) is 9.59 Å². The maximum atomic E-state index is 12.7. The third-order valence-corrected chi connectivity index (χ3v) is 5.48. The minimum atomic E-state index is -0.951. The molecular weight excluding hydrogens is 420 g/mol. The zero-order chi connectivity index (χ0) is 24.1. The Balaban J connectivity index is 1.59. The fraction of sp³-hybridized carbons (Fsp3) is 0.346. The van der Waals surface area contributed by atoms with Gasteiger partial charge in [-0.3, -0.25) is 4.79 Å². The standard InChI is InChI=1S/C26H30N2O5/c1-15(2)22-9-7-8-16(3)24(22)27-25(29)19(6)32-26(30)20-10-12-21(13-11-20)31-14-23-17(4)28-33-18(23)5/h7-13,15,19H,14H2,1-6H3,(H,27,29). The van der Waals surface area contributed by atoms with Gasteiger partial charge in [0.2, 0.25) is 0 Å². The fourth-order valence-corrected chi connectivity index (χ4v) is 3.40. The topological polar surface area (TPSA) is 90.7 Å². The predicted molar refractivity (Wildman–Crippen MR) is 126 cm³/mol. The first kappa shape index (κ1) is 24.0. The summed E-state index contributed by atoms with van der Waals surface area (Å²) in [6, 6.07) is 12.5. The van der Waals surface area contributed by atoms with Crippen molar-refractivity contribution in [2.75, 3.05) is 5.32 Å². The molecular formula is C26H30N2O5. The van der Waals surface area contributed by atoms with Crippen LogP contribution < -0.4 is 10.1 Å². The highest BCUT2D eigenvalue weighted by Crippen LogP contribution is 2.27.